The van der Waals surface area contributed by atoms with Crippen LogP contribution in [-0.4, -0.2) is 99.0 Å². The molecule has 0 saturated carbocycles. The van der Waals surface area contributed by atoms with Crippen LogP contribution in [0.4, 0.5) is 13.2 Å². The molecule has 1 aromatic heterocycles. The summed E-state index contributed by atoms with van der Waals surface area (Å²) < 4.78 is 69.7. The highest BCUT2D eigenvalue weighted by atomic mass is 32.2. The van der Waals surface area contributed by atoms with Crippen molar-refractivity contribution in [2.24, 2.45) is 5.92 Å². The van der Waals surface area contributed by atoms with Crippen molar-refractivity contribution < 1.29 is 41.0 Å². The number of carboxylic acids is 1. The number of pyridine rings is 1. The van der Waals surface area contributed by atoms with Gasteiger partial charge in [0.15, 0.2) is 0 Å². The van der Waals surface area contributed by atoms with Crippen LogP contribution < -0.4 is 0 Å². The lowest BCUT2D eigenvalue weighted by atomic mass is 10.1. The fraction of sp³-hybridized carbons (Fsp3) is 0.647. The first-order chi connectivity index (χ1) is 14.1. The number of aromatic nitrogens is 1. The van der Waals surface area contributed by atoms with Crippen LogP contribution in [-0.2, 0) is 24.3 Å². The second kappa shape index (κ2) is 10.5. The number of hydrogen-bond acceptors (Lipinski definition) is 7. The minimum absolute atomic E-state index is 0.0333. The standard InChI is InChI=1S/C15H23N3O4S.C2HF3O2/c1-21-7-5-17-6-8-22-15-12-18(11-13(15)10-17)23(19,20)14-3-2-4-16-9-14;3-2(4,5)1(6)7/h2-4,9,13,15H,5-8,10-12H2,1H3;(H,6,7)/t13-,15+;/m0./s1. The molecule has 3 heterocycles. The van der Waals surface area contributed by atoms with Crippen LogP contribution in [0.15, 0.2) is 29.4 Å². The second-order valence-corrected chi connectivity index (χ2v) is 8.71. The molecule has 0 radical (unpaired) electrons. The first-order valence-electron chi connectivity index (χ1n) is 9.09. The molecule has 1 aromatic rings. The normalized spacial score (nSPS) is 23.2. The van der Waals surface area contributed by atoms with Crippen molar-refractivity contribution in [3.63, 3.8) is 0 Å². The van der Waals surface area contributed by atoms with E-state index in [4.69, 9.17) is 19.4 Å². The van der Waals surface area contributed by atoms with Crippen molar-refractivity contribution in [3.8, 4) is 0 Å². The summed E-state index contributed by atoms with van der Waals surface area (Å²) in [6, 6.07) is 3.23. The number of fused-ring (bicyclic) bond motifs is 1. The molecule has 1 N–H and O–H groups in total. The smallest absolute Gasteiger partial charge is 0.475 e. The number of hydrogen-bond donors (Lipinski definition) is 1. The number of rotatable bonds is 5. The molecule has 9 nitrogen and oxygen atoms in total. The molecule has 2 aliphatic rings. The Hall–Kier alpha value is -1.80. The van der Waals surface area contributed by atoms with Gasteiger partial charge in [-0.1, -0.05) is 0 Å². The number of carbonyl (C=O) groups is 1. The first-order valence-corrected chi connectivity index (χ1v) is 10.5. The van der Waals surface area contributed by atoms with Crippen LogP contribution in [0.25, 0.3) is 0 Å². The van der Waals surface area contributed by atoms with Gasteiger partial charge in [-0.25, -0.2) is 13.2 Å². The van der Waals surface area contributed by atoms with Gasteiger partial charge in [0.2, 0.25) is 10.0 Å². The lowest BCUT2D eigenvalue weighted by Gasteiger charge is -2.22. The molecular formula is C17H24F3N3O6S. The molecule has 0 bridgehead atoms. The SMILES string of the molecule is COCCN1CCO[C@@H]2CN(S(=O)(=O)c3cccnc3)C[C@@H]2C1.O=C(O)C(F)(F)F. The molecule has 0 aliphatic carbocycles. The van der Waals surface area contributed by atoms with Gasteiger partial charge in [-0.15, -0.1) is 0 Å². The number of carboxylic acid groups (broad SMARTS) is 1. The van der Waals surface area contributed by atoms with E-state index in [1.165, 1.54) is 10.5 Å². The Morgan fingerprint density at radius 3 is 2.63 bits per heavy atom. The predicted octanol–water partition coefficient (Wildman–Crippen LogP) is 0.683. The van der Waals surface area contributed by atoms with Crippen molar-refractivity contribution in [2.75, 3.05) is 53.0 Å². The highest BCUT2D eigenvalue weighted by Crippen LogP contribution is 2.28. The molecule has 3 rings (SSSR count). The van der Waals surface area contributed by atoms with E-state index in [9.17, 15) is 21.6 Å². The zero-order valence-corrected chi connectivity index (χ0v) is 17.1. The van der Waals surface area contributed by atoms with E-state index in [0.29, 0.717) is 26.3 Å². The average molecular weight is 455 g/mol. The summed E-state index contributed by atoms with van der Waals surface area (Å²) in [5.41, 5.74) is 0. The molecule has 0 unspecified atom stereocenters. The zero-order chi connectivity index (χ0) is 22.4. The van der Waals surface area contributed by atoms with Crippen molar-refractivity contribution in [1.82, 2.24) is 14.2 Å². The lowest BCUT2D eigenvalue weighted by molar-refractivity contribution is -0.192. The average Bonchev–Trinajstić information content (AvgIpc) is 3.00. The van der Waals surface area contributed by atoms with Crippen molar-refractivity contribution in [2.45, 2.75) is 17.2 Å². The molecule has 0 aromatic carbocycles. The van der Waals surface area contributed by atoms with Crippen molar-refractivity contribution in [3.05, 3.63) is 24.5 Å². The van der Waals surface area contributed by atoms with Gasteiger partial charge < -0.3 is 14.6 Å². The quantitative estimate of drug-likeness (QED) is 0.691. The Morgan fingerprint density at radius 2 is 2.07 bits per heavy atom. The number of ether oxygens (including phenoxy) is 2. The van der Waals surface area contributed by atoms with Gasteiger partial charge in [-0.3, -0.25) is 9.88 Å². The number of nitrogens with zero attached hydrogens (tertiary/aromatic N) is 3. The van der Waals surface area contributed by atoms with Crippen LogP contribution in [0.3, 0.4) is 0 Å². The number of alkyl halides is 3. The maximum absolute atomic E-state index is 12.7. The molecule has 2 saturated heterocycles. The Balaban J connectivity index is 0.000000396. The van der Waals surface area contributed by atoms with E-state index < -0.39 is 22.2 Å². The minimum atomic E-state index is -5.08. The Kier molecular flexibility index (Phi) is 8.55. The number of halogens is 3. The molecule has 0 spiro atoms. The van der Waals surface area contributed by atoms with E-state index in [1.807, 2.05) is 0 Å². The summed E-state index contributed by atoms with van der Waals surface area (Å²) in [5.74, 6) is -2.56. The van der Waals surface area contributed by atoms with Crippen LogP contribution in [0.1, 0.15) is 0 Å². The maximum Gasteiger partial charge on any atom is 0.490 e. The molecule has 2 atom stereocenters. The summed E-state index contributed by atoms with van der Waals surface area (Å²) >= 11 is 0. The third-order valence-corrected chi connectivity index (χ3v) is 6.52. The highest BCUT2D eigenvalue weighted by Gasteiger charge is 2.41. The molecule has 13 heteroatoms. The van der Waals surface area contributed by atoms with E-state index >= 15 is 0 Å². The fourth-order valence-electron chi connectivity index (χ4n) is 3.19. The first kappa shape index (κ1) is 24.5. The van der Waals surface area contributed by atoms with E-state index in [1.54, 1.807) is 25.4 Å². The lowest BCUT2D eigenvalue weighted by Crippen LogP contribution is -2.35. The summed E-state index contributed by atoms with van der Waals surface area (Å²) in [4.78, 5) is 15.3. The van der Waals surface area contributed by atoms with E-state index in [0.717, 1.165) is 19.6 Å². The molecule has 30 heavy (non-hydrogen) atoms. The Labute approximate surface area is 172 Å². The monoisotopic (exact) mass is 455 g/mol. The second-order valence-electron chi connectivity index (χ2n) is 6.78. The van der Waals surface area contributed by atoms with Crippen molar-refractivity contribution in [1.29, 1.82) is 0 Å². The van der Waals surface area contributed by atoms with Crippen LogP contribution >= 0.6 is 0 Å². The number of methoxy groups -OCH3 is 1. The summed E-state index contributed by atoms with van der Waals surface area (Å²) in [5, 5.41) is 7.12. The molecule has 2 fully saturated rings. The third kappa shape index (κ3) is 6.60. The zero-order valence-electron chi connectivity index (χ0n) is 16.3. The van der Waals surface area contributed by atoms with Gasteiger partial charge in [0, 0.05) is 58.1 Å². The largest absolute Gasteiger partial charge is 0.490 e. The summed E-state index contributed by atoms with van der Waals surface area (Å²) in [6.07, 6.45) is -2.15. The van der Waals surface area contributed by atoms with Crippen LogP contribution in [0.5, 0.6) is 0 Å². The van der Waals surface area contributed by atoms with Gasteiger partial charge >= 0.3 is 12.1 Å². The third-order valence-electron chi connectivity index (χ3n) is 4.71. The van der Waals surface area contributed by atoms with Gasteiger partial charge in [-0.05, 0) is 12.1 Å². The van der Waals surface area contributed by atoms with Crippen LogP contribution in [0, 0.1) is 5.92 Å². The number of sulfonamides is 1. The minimum Gasteiger partial charge on any atom is -0.475 e. The van der Waals surface area contributed by atoms with Gasteiger partial charge in [0.25, 0.3) is 0 Å². The van der Waals surface area contributed by atoms with E-state index in [2.05, 4.69) is 9.88 Å². The Morgan fingerprint density at radius 1 is 1.37 bits per heavy atom. The maximum atomic E-state index is 12.7. The number of aliphatic carboxylic acids is 1. The molecule has 2 aliphatic heterocycles. The Bertz CT molecular complexity index is 792. The van der Waals surface area contributed by atoms with Crippen LogP contribution in [0.2, 0.25) is 0 Å². The summed E-state index contributed by atoms with van der Waals surface area (Å²) in [6.45, 7) is 4.77. The van der Waals surface area contributed by atoms with Crippen molar-refractivity contribution >= 4 is 16.0 Å². The summed E-state index contributed by atoms with van der Waals surface area (Å²) in [7, 11) is -1.81. The molecular weight excluding hydrogens is 431 g/mol. The van der Waals surface area contributed by atoms with Gasteiger partial charge in [0.05, 0.1) is 19.3 Å². The topological polar surface area (TPSA) is 109 Å². The molecule has 0 amide bonds. The predicted molar refractivity (Wildman–Crippen MR) is 98.2 cm³/mol. The van der Waals surface area contributed by atoms with Gasteiger partial charge in [-0.2, -0.15) is 17.5 Å². The fourth-order valence-corrected chi connectivity index (χ4v) is 4.67. The van der Waals surface area contributed by atoms with E-state index in [-0.39, 0.29) is 16.9 Å². The van der Waals surface area contributed by atoms with Gasteiger partial charge in [0.1, 0.15) is 4.90 Å². The highest BCUT2D eigenvalue weighted by molar-refractivity contribution is 7.89. The molecule has 170 valence electrons.